The van der Waals surface area contributed by atoms with Crippen LogP contribution >= 0.6 is 39.0 Å². The van der Waals surface area contributed by atoms with Crippen molar-refractivity contribution in [3.8, 4) is 0 Å². The first-order valence-electron chi connectivity index (χ1n) is 3.72. The van der Waals surface area contributed by atoms with Gasteiger partial charge in [-0.2, -0.15) is 0 Å². The highest BCUT2D eigenvalue weighted by molar-refractivity contribution is 9.10. The average molecular weight is 274 g/mol. The van der Waals surface area contributed by atoms with Gasteiger partial charge in [-0.15, -0.1) is 23.1 Å². The largest absolute Gasteiger partial charge is 0.398 e. The number of anilines is 1. The summed E-state index contributed by atoms with van der Waals surface area (Å²) < 4.78 is 2.34. The van der Waals surface area contributed by atoms with Crippen molar-refractivity contribution in [3.05, 3.63) is 22.0 Å². The minimum atomic E-state index is 0.856. The van der Waals surface area contributed by atoms with E-state index in [1.165, 1.54) is 9.60 Å². The summed E-state index contributed by atoms with van der Waals surface area (Å²) in [5.41, 5.74) is 6.80. The fraction of sp³-hybridized carbons (Fsp3) is 0.111. The number of fused-ring (bicyclic) bond motifs is 1. The predicted octanol–water partition coefficient (Wildman–Crippen LogP) is 3.97. The number of hydrogen-bond donors (Lipinski definition) is 1. The smallest absolute Gasteiger partial charge is 0.0424 e. The summed E-state index contributed by atoms with van der Waals surface area (Å²) in [6.07, 6.45) is 2.06. The van der Waals surface area contributed by atoms with E-state index < -0.39 is 0 Å². The Morgan fingerprint density at radius 3 is 2.92 bits per heavy atom. The lowest BCUT2D eigenvalue weighted by Crippen LogP contribution is -1.85. The highest BCUT2D eigenvalue weighted by Crippen LogP contribution is 2.37. The first-order chi connectivity index (χ1) is 6.22. The Kier molecular flexibility index (Phi) is 2.53. The van der Waals surface area contributed by atoms with Crippen molar-refractivity contribution in [2.75, 3.05) is 12.0 Å². The molecule has 2 rings (SSSR count). The molecule has 1 aromatic heterocycles. The van der Waals surface area contributed by atoms with Crippen LogP contribution in [0.25, 0.3) is 10.1 Å². The zero-order chi connectivity index (χ0) is 9.42. The lowest BCUT2D eigenvalue weighted by Gasteiger charge is -2.01. The molecule has 0 aliphatic rings. The fourth-order valence-electron chi connectivity index (χ4n) is 1.25. The van der Waals surface area contributed by atoms with E-state index in [9.17, 15) is 0 Å². The third-order valence-corrected chi connectivity index (χ3v) is 4.44. The average Bonchev–Trinajstić information content (AvgIpc) is 2.48. The second kappa shape index (κ2) is 3.52. The molecule has 0 unspecified atom stereocenters. The van der Waals surface area contributed by atoms with Gasteiger partial charge in [0.2, 0.25) is 0 Å². The molecule has 13 heavy (non-hydrogen) atoms. The Hall–Kier alpha value is -0.190. The van der Waals surface area contributed by atoms with E-state index in [4.69, 9.17) is 5.73 Å². The number of rotatable bonds is 1. The molecule has 1 heterocycles. The molecule has 0 aliphatic heterocycles. The maximum atomic E-state index is 5.94. The number of hydrogen-bond acceptors (Lipinski definition) is 3. The molecule has 0 spiro atoms. The third kappa shape index (κ3) is 1.58. The van der Waals surface area contributed by atoms with Gasteiger partial charge < -0.3 is 5.73 Å². The number of halogens is 1. The van der Waals surface area contributed by atoms with Crippen molar-refractivity contribution in [3.63, 3.8) is 0 Å². The van der Waals surface area contributed by atoms with Crippen molar-refractivity contribution in [2.24, 2.45) is 0 Å². The SMILES string of the molecule is CSc1cc(N)c2c(Br)csc2c1. The Labute approximate surface area is 93.4 Å². The summed E-state index contributed by atoms with van der Waals surface area (Å²) in [6.45, 7) is 0. The Morgan fingerprint density at radius 2 is 2.23 bits per heavy atom. The molecule has 2 aromatic rings. The topological polar surface area (TPSA) is 26.0 Å². The highest BCUT2D eigenvalue weighted by atomic mass is 79.9. The van der Waals surface area contributed by atoms with E-state index in [1.54, 1.807) is 23.1 Å². The molecular weight excluding hydrogens is 266 g/mol. The van der Waals surface area contributed by atoms with Crippen LogP contribution in [0.2, 0.25) is 0 Å². The second-order valence-electron chi connectivity index (χ2n) is 2.67. The van der Waals surface area contributed by atoms with Crippen LogP contribution in [0.3, 0.4) is 0 Å². The molecule has 0 aliphatic carbocycles. The fourth-order valence-corrected chi connectivity index (χ4v) is 3.55. The summed E-state index contributed by atoms with van der Waals surface area (Å²) in [4.78, 5) is 1.22. The first-order valence-corrected chi connectivity index (χ1v) is 6.62. The molecule has 0 saturated carbocycles. The molecule has 2 N–H and O–H groups in total. The molecule has 0 saturated heterocycles. The van der Waals surface area contributed by atoms with E-state index in [0.29, 0.717) is 0 Å². The van der Waals surface area contributed by atoms with Gasteiger partial charge in [0.1, 0.15) is 0 Å². The van der Waals surface area contributed by atoms with Crippen molar-refractivity contribution in [2.45, 2.75) is 4.90 Å². The molecule has 0 bridgehead atoms. The van der Waals surface area contributed by atoms with Crippen LogP contribution < -0.4 is 5.73 Å². The van der Waals surface area contributed by atoms with Gasteiger partial charge in [-0.05, 0) is 34.3 Å². The molecule has 1 aromatic carbocycles. The van der Waals surface area contributed by atoms with Crippen LogP contribution in [-0.4, -0.2) is 6.26 Å². The lowest BCUT2D eigenvalue weighted by molar-refractivity contribution is 1.53. The number of thioether (sulfide) groups is 1. The summed E-state index contributed by atoms with van der Waals surface area (Å²) in [6, 6.07) is 4.19. The number of nitrogen functional groups attached to an aromatic ring is 1. The second-order valence-corrected chi connectivity index (χ2v) is 5.32. The molecule has 68 valence electrons. The van der Waals surface area contributed by atoms with Gasteiger partial charge in [-0.3, -0.25) is 0 Å². The Bertz CT molecular complexity index is 450. The summed E-state index contributed by atoms with van der Waals surface area (Å²) in [7, 11) is 0. The van der Waals surface area contributed by atoms with Crippen LogP contribution in [0, 0.1) is 0 Å². The van der Waals surface area contributed by atoms with Gasteiger partial charge in [0.25, 0.3) is 0 Å². The Morgan fingerprint density at radius 1 is 1.46 bits per heavy atom. The summed E-state index contributed by atoms with van der Waals surface area (Å²) in [5, 5.41) is 3.22. The van der Waals surface area contributed by atoms with Gasteiger partial charge in [0, 0.05) is 30.5 Å². The molecule has 0 fully saturated rings. The van der Waals surface area contributed by atoms with Crippen LogP contribution in [0.5, 0.6) is 0 Å². The van der Waals surface area contributed by atoms with Gasteiger partial charge in [0.15, 0.2) is 0 Å². The van der Waals surface area contributed by atoms with Crippen molar-refractivity contribution in [1.29, 1.82) is 0 Å². The molecular formula is C9H8BrNS2. The number of benzene rings is 1. The zero-order valence-electron chi connectivity index (χ0n) is 7.00. The molecule has 0 radical (unpaired) electrons. The van der Waals surface area contributed by atoms with Crippen molar-refractivity contribution >= 4 is 54.8 Å². The molecule has 0 amide bonds. The summed E-state index contributed by atoms with van der Waals surface area (Å²) >= 11 is 6.92. The monoisotopic (exact) mass is 273 g/mol. The summed E-state index contributed by atoms with van der Waals surface area (Å²) in [5.74, 6) is 0. The highest BCUT2D eigenvalue weighted by Gasteiger charge is 2.06. The van der Waals surface area contributed by atoms with Crippen LogP contribution in [0.15, 0.2) is 26.9 Å². The predicted molar refractivity (Wildman–Crippen MR) is 65.7 cm³/mol. The Balaban J connectivity index is 2.79. The zero-order valence-corrected chi connectivity index (χ0v) is 10.2. The molecule has 4 heteroatoms. The van der Waals surface area contributed by atoms with E-state index in [-0.39, 0.29) is 0 Å². The molecule has 1 nitrogen and oxygen atoms in total. The van der Waals surface area contributed by atoms with Crippen LogP contribution in [0.1, 0.15) is 0 Å². The van der Waals surface area contributed by atoms with E-state index in [0.717, 1.165) is 15.5 Å². The van der Waals surface area contributed by atoms with Crippen molar-refractivity contribution < 1.29 is 0 Å². The third-order valence-electron chi connectivity index (χ3n) is 1.87. The van der Waals surface area contributed by atoms with Gasteiger partial charge in [-0.1, -0.05) is 0 Å². The quantitative estimate of drug-likeness (QED) is 0.629. The standard InChI is InChI=1S/C9H8BrNS2/c1-12-5-2-7(11)9-6(10)4-13-8(9)3-5/h2-4H,11H2,1H3. The van der Waals surface area contributed by atoms with Gasteiger partial charge in [-0.25, -0.2) is 0 Å². The molecule has 0 atom stereocenters. The van der Waals surface area contributed by atoms with Gasteiger partial charge in [0.05, 0.1) is 0 Å². The van der Waals surface area contributed by atoms with E-state index in [1.807, 2.05) is 6.07 Å². The maximum Gasteiger partial charge on any atom is 0.0424 e. The van der Waals surface area contributed by atoms with E-state index in [2.05, 4.69) is 33.6 Å². The van der Waals surface area contributed by atoms with Crippen LogP contribution in [-0.2, 0) is 0 Å². The van der Waals surface area contributed by atoms with Gasteiger partial charge >= 0.3 is 0 Å². The minimum Gasteiger partial charge on any atom is -0.398 e. The number of nitrogens with two attached hydrogens (primary N) is 1. The first kappa shape index (κ1) is 9.37. The lowest BCUT2D eigenvalue weighted by atomic mass is 10.2. The number of thiophene rings is 1. The maximum absolute atomic E-state index is 5.94. The van der Waals surface area contributed by atoms with Crippen molar-refractivity contribution in [1.82, 2.24) is 0 Å². The van der Waals surface area contributed by atoms with E-state index >= 15 is 0 Å². The van der Waals surface area contributed by atoms with Crippen LogP contribution in [0.4, 0.5) is 5.69 Å². The normalized spacial score (nSPS) is 10.9. The minimum absolute atomic E-state index is 0.856.